The van der Waals surface area contributed by atoms with E-state index in [2.05, 4.69) is 0 Å². The van der Waals surface area contributed by atoms with Crippen molar-refractivity contribution in [3.05, 3.63) is 0 Å². The van der Waals surface area contributed by atoms with Gasteiger partial charge in [0.05, 0.1) is 0 Å². The third-order valence-electron chi connectivity index (χ3n) is 0. The molecule has 42 valence electrons. The molecule has 7 heteroatoms. The first kappa shape index (κ1) is 29.4. The topological polar surface area (TPSA) is 57.5 Å². The summed E-state index contributed by atoms with van der Waals surface area (Å²) in [6, 6.07) is 0. The van der Waals surface area contributed by atoms with Gasteiger partial charge in [-0.2, -0.15) is 0 Å². The Hall–Kier alpha value is 4.59. The zero-order valence-electron chi connectivity index (χ0n) is 2.92. The van der Waals surface area contributed by atoms with Gasteiger partial charge in [0.2, 0.25) is 0 Å². The van der Waals surface area contributed by atoms with Gasteiger partial charge in [0.1, 0.15) is 0 Å². The van der Waals surface area contributed by atoms with Crippen molar-refractivity contribution in [2.75, 3.05) is 0 Å². The van der Waals surface area contributed by atoms with Crippen LogP contribution in [0.1, 0.15) is 0 Å². The first-order valence-electron chi connectivity index (χ1n) is 0.651. The summed E-state index contributed by atoms with van der Waals surface area (Å²) < 4.78 is 0. The van der Waals surface area contributed by atoms with Gasteiger partial charge >= 0.3 is 171 Å². The molecule has 0 amide bonds. The van der Waals surface area contributed by atoms with E-state index in [1.54, 1.807) is 0 Å². The second-order valence-corrected chi connectivity index (χ2v) is 0.283. The molecule has 0 aliphatic rings. The van der Waals surface area contributed by atoms with Crippen LogP contribution in [-0.2, 0) is 0 Å². The molecule has 0 unspecified atom stereocenters. The Balaban J connectivity index is -0.00000000750. The Bertz CT molecular complexity index is 40.3. The molecule has 8 heavy (non-hydrogen) atoms. The average Bonchev–Trinajstić information content (AvgIpc) is 0.811. The number of hydrogen-bond donors (Lipinski definition) is 2. The Morgan fingerprint density at radius 3 is 1.12 bits per heavy atom. The number of carbonyl (C=O) groups is 1. The molecule has 0 rings (SSSR count). The van der Waals surface area contributed by atoms with Crippen LogP contribution in [0.2, 0.25) is 0 Å². The van der Waals surface area contributed by atoms with E-state index in [0.717, 1.165) is 0 Å². The number of hydrogen-bond acceptors (Lipinski definition) is 1. The third kappa shape index (κ3) is 46.3. The van der Waals surface area contributed by atoms with Gasteiger partial charge in [-0.25, -0.2) is 4.79 Å². The van der Waals surface area contributed by atoms with Gasteiger partial charge in [-0.15, -0.1) is 12.4 Å². The van der Waals surface area contributed by atoms with Gasteiger partial charge in [-0.1, -0.05) is 0 Å². The van der Waals surface area contributed by atoms with E-state index in [0.29, 0.717) is 0 Å². The summed E-state index contributed by atoms with van der Waals surface area (Å²) >= 11 is 0. The van der Waals surface area contributed by atoms with Gasteiger partial charge in [-0.3, -0.25) is 0 Å². The fourth-order valence-electron chi connectivity index (χ4n) is 0. The van der Waals surface area contributed by atoms with Crippen LogP contribution in [0.3, 0.4) is 0 Å². The molecule has 0 aromatic carbocycles. The van der Waals surface area contributed by atoms with Crippen LogP contribution in [0.4, 0.5) is 4.79 Å². The fourth-order valence-corrected chi connectivity index (χ4v) is 0. The molecule has 0 saturated carbocycles. The van der Waals surface area contributed by atoms with Gasteiger partial charge in [-0.05, 0) is 0 Å². The minimum atomic E-state index is -1.83. The predicted octanol–water partition coefficient (Wildman–Crippen LogP) is -1.57. The Morgan fingerprint density at radius 1 is 1.12 bits per heavy atom. The van der Waals surface area contributed by atoms with Crippen LogP contribution < -0.4 is 0 Å². The molecule has 0 fully saturated rings. The molecule has 0 aromatic heterocycles. The van der Waals surface area contributed by atoms with Crippen molar-refractivity contribution >= 4 is 184 Å². The number of carboxylic acid groups (broad SMARTS) is 2. The average molecular weight is 576 g/mol. The molecular formula is CH7ClCs2O3Pb. The summed E-state index contributed by atoms with van der Waals surface area (Å²) in [4.78, 5) is 8.56. The van der Waals surface area contributed by atoms with E-state index in [-0.39, 0.29) is 177 Å². The Morgan fingerprint density at radius 2 is 1.12 bits per heavy atom. The molecule has 0 spiro atoms. The molecule has 0 saturated heterocycles. The summed E-state index contributed by atoms with van der Waals surface area (Å²) in [5.41, 5.74) is 0. The van der Waals surface area contributed by atoms with E-state index in [1.165, 1.54) is 0 Å². The zero-order chi connectivity index (χ0) is 3.58. The Kier molecular flexibility index (Phi) is 82.8. The molecule has 3 nitrogen and oxygen atoms in total. The molecule has 0 bridgehead atoms. The molecule has 0 heterocycles. The predicted molar refractivity (Wildman–Crippen MR) is 40.7 cm³/mol. The normalized spacial score (nSPS) is 3.00. The second kappa shape index (κ2) is 22.6. The van der Waals surface area contributed by atoms with Crippen LogP contribution in [0.25, 0.3) is 0 Å². The molecule has 0 aliphatic carbocycles. The molecule has 0 aromatic rings. The molecular weight excluding hydrogens is 568 g/mol. The van der Waals surface area contributed by atoms with E-state index < -0.39 is 6.16 Å². The van der Waals surface area contributed by atoms with Gasteiger partial charge < -0.3 is 10.2 Å². The van der Waals surface area contributed by atoms with Crippen LogP contribution in [0.5, 0.6) is 0 Å². The van der Waals surface area contributed by atoms with Crippen molar-refractivity contribution in [1.82, 2.24) is 0 Å². The van der Waals surface area contributed by atoms with Crippen molar-refractivity contribution < 1.29 is 15.0 Å². The van der Waals surface area contributed by atoms with E-state index in [4.69, 9.17) is 15.0 Å². The van der Waals surface area contributed by atoms with Crippen molar-refractivity contribution in [1.29, 1.82) is 0 Å². The maximum absolute atomic E-state index is 8.56. The van der Waals surface area contributed by atoms with E-state index in [1.807, 2.05) is 0 Å². The van der Waals surface area contributed by atoms with Crippen molar-refractivity contribution in [2.24, 2.45) is 0 Å². The first-order chi connectivity index (χ1) is 1.73. The zero-order valence-corrected chi connectivity index (χ0v) is 9.23. The van der Waals surface area contributed by atoms with Gasteiger partial charge in [0.25, 0.3) is 0 Å². The monoisotopic (exact) mass is 576 g/mol. The van der Waals surface area contributed by atoms with Crippen LogP contribution in [-0.4, -0.2) is 181 Å². The van der Waals surface area contributed by atoms with E-state index >= 15 is 0 Å². The van der Waals surface area contributed by atoms with E-state index in [9.17, 15) is 0 Å². The molecule has 0 aliphatic heterocycles. The number of rotatable bonds is 0. The number of halogens is 1. The standard InChI is InChI=1S/CH2O3.ClH.2Cs.Pb.4H/c2-1(3)4;;;;;;;;/h(H2,2,3,4);1H;;;;;;;. The van der Waals surface area contributed by atoms with Crippen LogP contribution >= 0.6 is 12.4 Å². The van der Waals surface area contributed by atoms with Crippen LogP contribution in [0.15, 0.2) is 0 Å². The SMILES string of the molecule is Cl.O=C(O)O.[CsH].[CsH].[PbH2]. The first-order valence-corrected chi connectivity index (χ1v) is 0.651. The Labute approximate surface area is 192 Å². The third-order valence-corrected chi connectivity index (χ3v) is 0. The maximum atomic E-state index is 8.56. The summed E-state index contributed by atoms with van der Waals surface area (Å²) in [5.74, 6) is 0. The molecule has 2 radical (unpaired) electrons. The summed E-state index contributed by atoms with van der Waals surface area (Å²) in [5, 5.41) is 13.9. The summed E-state index contributed by atoms with van der Waals surface area (Å²) in [7, 11) is 0. The van der Waals surface area contributed by atoms with Crippen LogP contribution in [0, 0.1) is 0 Å². The summed E-state index contributed by atoms with van der Waals surface area (Å²) in [6.45, 7) is 0. The molecule has 0 atom stereocenters. The van der Waals surface area contributed by atoms with Gasteiger partial charge in [0, 0.05) is 0 Å². The quantitative estimate of drug-likeness (QED) is 0.344. The summed E-state index contributed by atoms with van der Waals surface area (Å²) in [6.07, 6.45) is -1.83. The fraction of sp³-hybridized carbons (Fsp3) is 0. The van der Waals surface area contributed by atoms with Gasteiger partial charge in [0.15, 0.2) is 0 Å². The van der Waals surface area contributed by atoms with Crippen molar-refractivity contribution in [3.8, 4) is 0 Å². The second-order valence-electron chi connectivity index (χ2n) is 0.283. The van der Waals surface area contributed by atoms with Crippen molar-refractivity contribution in [3.63, 3.8) is 0 Å². The van der Waals surface area contributed by atoms with Crippen molar-refractivity contribution in [2.45, 2.75) is 0 Å². The molecule has 2 N–H and O–H groups in total. The minimum absolute atomic E-state index is 0.